The monoisotopic (exact) mass is 212 g/mol. The van der Waals surface area contributed by atoms with Crippen LogP contribution in [0, 0.1) is 0 Å². The standard InChI is InChI=1S/C11H13ClO2/c12-6-1-2-7-14-11-5-3-4-10(8-11)9-13/h3-5,8-9H,1-2,6-7H2. The van der Waals surface area contributed by atoms with Crippen molar-refractivity contribution in [3.8, 4) is 5.75 Å². The van der Waals surface area contributed by atoms with Gasteiger partial charge in [0.1, 0.15) is 12.0 Å². The van der Waals surface area contributed by atoms with Crippen LogP contribution in [-0.2, 0) is 0 Å². The van der Waals surface area contributed by atoms with Crippen molar-refractivity contribution in [1.82, 2.24) is 0 Å². The molecule has 1 rings (SSSR count). The van der Waals surface area contributed by atoms with Crippen molar-refractivity contribution in [2.24, 2.45) is 0 Å². The zero-order chi connectivity index (χ0) is 10.2. The summed E-state index contributed by atoms with van der Waals surface area (Å²) in [5.74, 6) is 1.40. The van der Waals surface area contributed by atoms with Crippen LogP contribution in [0.4, 0.5) is 0 Å². The van der Waals surface area contributed by atoms with Gasteiger partial charge in [-0.2, -0.15) is 0 Å². The lowest BCUT2D eigenvalue weighted by Gasteiger charge is -2.05. The molecule has 0 atom stereocenters. The fourth-order valence-electron chi connectivity index (χ4n) is 1.06. The zero-order valence-electron chi connectivity index (χ0n) is 7.91. The molecule has 0 aromatic heterocycles. The SMILES string of the molecule is O=Cc1cccc(OCCCCCl)c1. The fourth-order valence-corrected chi connectivity index (χ4v) is 1.25. The van der Waals surface area contributed by atoms with Crippen molar-refractivity contribution in [2.75, 3.05) is 12.5 Å². The molecule has 0 aliphatic rings. The summed E-state index contributed by atoms with van der Waals surface area (Å²) in [7, 11) is 0. The molecule has 0 radical (unpaired) electrons. The topological polar surface area (TPSA) is 26.3 Å². The maximum atomic E-state index is 10.5. The Kier molecular flexibility index (Phi) is 5.08. The van der Waals surface area contributed by atoms with Crippen LogP contribution in [-0.4, -0.2) is 18.8 Å². The van der Waals surface area contributed by atoms with Crippen molar-refractivity contribution in [3.05, 3.63) is 29.8 Å². The largest absolute Gasteiger partial charge is 0.494 e. The van der Waals surface area contributed by atoms with Crippen LogP contribution < -0.4 is 4.74 Å². The van der Waals surface area contributed by atoms with Crippen LogP contribution in [0.3, 0.4) is 0 Å². The van der Waals surface area contributed by atoms with Crippen LogP contribution in [0.1, 0.15) is 23.2 Å². The number of benzene rings is 1. The minimum atomic E-state index is 0.639. The maximum absolute atomic E-state index is 10.5. The molecule has 76 valence electrons. The third kappa shape index (κ3) is 3.79. The molecule has 0 aliphatic heterocycles. The summed E-state index contributed by atoms with van der Waals surface area (Å²) in [6.45, 7) is 0.648. The molecule has 3 heteroatoms. The molecule has 0 aliphatic carbocycles. The summed E-state index contributed by atoms with van der Waals surface area (Å²) in [4.78, 5) is 10.5. The molecule has 1 aromatic rings. The van der Waals surface area contributed by atoms with Crippen molar-refractivity contribution < 1.29 is 9.53 Å². The molecule has 2 nitrogen and oxygen atoms in total. The summed E-state index contributed by atoms with van der Waals surface area (Å²) in [5, 5.41) is 0. The van der Waals surface area contributed by atoms with Crippen LogP contribution in [0.5, 0.6) is 5.75 Å². The van der Waals surface area contributed by atoms with E-state index in [1.54, 1.807) is 18.2 Å². The molecule has 0 bridgehead atoms. The first-order valence-corrected chi connectivity index (χ1v) is 5.14. The number of halogens is 1. The molecule has 0 heterocycles. The Morgan fingerprint density at radius 3 is 2.93 bits per heavy atom. The van der Waals surface area contributed by atoms with E-state index in [0.29, 0.717) is 18.1 Å². The first-order chi connectivity index (χ1) is 6.86. The highest BCUT2D eigenvalue weighted by Gasteiger charge is 1.95. The van der Waals surface area contributed by atoms with Gasteiger partial charge in [0.15, 0.2) is 0 Å². The molecule has 14 heavy (non-hydrogen) atoms. The summed E-state index contributed by atoms with van der Waals surface area (Å²) >= 11 is 5.53. The predicted octanol–water partition coefficient (Wildman–Crippen LogP) is 2.90. The number of rotatable bonds is 6. The number of hydrogen-bond acceptors (Lipinski definition) is 2. The predicted molar refractivity (Wildman–Crippen MR) is 57.3 cm³/mol. The minimum absolute atomic E-state index is 0.639. The highest BCUT2D eigenvalue weighted by atomic mass is 35.5. The summed E-state index contributed by atoms with van der Waals surface area (Å²) in [6.07, 6.45) is 2.70. The lowest BCUT2D eigenvalue weighted by Crippen LogP contribution is -1.97. The van der Waals surface area contributed by atoms with Crippen LogP contribution >= 0.6 is 11.6 Å². The van der Waals surface area contributed by atoms with E-state index in [1.807, 2.05) is 6.07 Å². The molecule has 0 fully saturated rings. The van der Waals surface area contributed by atoms with Crippen molar-refractivity contribution >= 4 is 17.9 Å². The Labute approximate surface area is 88.8 Å². The van der Waals surface area contributed by atoms with Gasteiger partial charge >= 0.3 is 0 Å². The highest BCUT2D eigenvalue weighted by molar-refractivity contribution is 6.17. The van der Waals surface area contributed by atoms with E-state index in [2.05, 4.69) is 0 Å². The average molecular weight is 213 g/mol. The summed E-state index contributed by atoms with van der Waals surface area (Å²) < 4.78 is 5.43. The van der Waals surface area contributed by atoms with E-state index in [4.69, 9.17) is 16.3 Å². The molecule has 0 unspecified atom stereocenters. The number of carbonyl (C=O) groups excluding carboxylic acids is 1. The number of hydrogen-bond donors (Lipinski definition) is 0. The van der Waals surface area contributed by atoms with Gasteiger partial charge in [0.05, 0.1) is 6.61 Å². The third-order valence-electron chi connectivity index (χ3n) is 1.79. The van der Waals surface area contributed by atoms with Gasteiger partial charge in [-0.05, 0) is 25.0 Å². The molecular formula is C11H13ClO2. The fraction of sp³-hybridized carbons (Fsp3) is 0.364. The smallest absolute Gasteiger partial charge is 0.150 e. The summed E-state index contributed by atoms with van der Waals surface area (Å²) in [5.41, 5.74) is 0.639. The van der Waals surface area contributed by atoms with Gasteiger partial charge in [-0.3, -0.25) is 4.79 Å². The second-order valence-corrected chi connectivity index (χ2v) is 3.31. The lowest BCUT2D eigenvalue weighted by molar-refractivity contribution is 0.112. The van der Waals surface area contributed by atoms with E-state index < -0.39 is 0 Å². The van der Waals surface area contributed by atoms with E-state index in [9.17, 15) is 4.79 Å². The van der Waals surface area contributed by atoms with E-state index in [1.165, 1.54) is 0 Å². The highest BCUT2D eigenvalue weighted by Crippen LogP contribution is 2.12. The van der Waals surface area contributed by atoms with Crippen molar-refractivity contribution in [1.29, 1.82) is 0 Å². The third-order valence-corrected chi connectivity index (χ3v) is 2.06. The second kappa shape index (κ2) is 6.44. The minimum Gasteiger partial charge on any atom is -0.494 e. The Bertz CT molecular complexity index is 286. The Balaban J connectivity index is 2.38. The second-order valence-electron chi connectivity index (χ2n) is 2.93. The van der Waals surface area contributed by atoms with Gasteiger partial charge in [0, 0.05) is 11.4 Å². The first-order valence-electron chi connectivity index (χ1n) is 4.61. The maximum Gasteiger partial charge on any atom is 0.150 e. The van der Waals surface area contributed by atoms with Gasteiger partial charge in [-0.15, -0.1) is 11.6 Å². The molecule has 0 saturated carbocycles. The normalized spacial score (nSPS) is 9.79. The first kappa shape index (κ1) is 11.1. The molecular weight excluding hydrogens is 200 g/mol. The van der Waals surface area contributed by atoms with E-state index in [0.717, 1.165) is 24.9 Å². The number of aldehydes is 1. The molecule has 0 N–H and O–H groups in total. The molecule has 0 amide bonds. The number of carbonyl (C=O) groups is 1. The Hall–Kier alpha value is -1.02. The van der Waals surface area contributed by atoms with E-state index >= 15 is 0 Å². The zero-order valence-corrected chi connectivity index (χ0v) is 8.67. The van der Waals surface area contributed by atoms with Crippen molar-refractivity contribution in [2.45, 2.75) is 12.8 Å². The van der Waals surface area contributed by atoms with Gasteiger partial charge in [0.25, 0.3) is 0 Å². The van der Waals surface area contributed by atoms with Gasteiger partial charge in [-0.1, -0.05) is 12.1 Å². The van der Waals surface area contributed by atoms with Gasteiger partial charge in [0.2, 0.25) is 0 Å². The van der Waals surface area contributed by atoms with E-state index in [-0.39, 0.29) is 0 Å². The Morgan fingerprint density at radius 2 is 2.21 bits per heavy atom. The molecule has 0 spiro atoms. The Morgan fingerprint density at radius 1 is 1.36 bits per heavy atom. The van der Waals surface area contributed by atoms with Crippen LogP contribution in [0.2, 0.25) is 0 Å². The average Bonchev–Trinajstić information content (AvgIpc) is 2.25. The number of alkyl halides is 1. The van der Waals surface area contributed by atoms with Crippen molar-refractivity contribution in [3.63, 3.8) is 0 Å². The molecule has 0 saturated heterocycles. The lowest BCUT2D eigenvalue weighted by atomic mass is 10.2. The quantitative estimate of drug-likeness (QED) is 0.412. The summed E-state index contributed by atoms with van der Waals surface area (Å²) in [6, 6.07) is 7.13. The number of unbranched alkanes of at least 4 members (excludes halogenated alkanes) is 1. The number of ether oxygens (including phenoxy) is 1. The molecule has 1 aromatic carbocycles. The van der Waals surface area contributed by atoms with Crippen LogP contribution in [0.25, 0.3) is 0 Å². The van der Waals surface area contributed by atoms with Crippen LogP contribution in [0.15, 0.2) is 24.3 Å². The van der Waals surface area contributed by atoms with Gasteiger partial charge < -0.3 is 4.74 Å². The van der Waals surface area contributed by atoms with Gasteiger partial charge in [-0.25, -0.2) is 0 Å².